The first-order valence-electron chi connectivity index (χ1n) is 6.19. The Morgan fingerprint density at radius 1 is 1.60 bits per heavy atom. The molecule has 9 nitrogen and oxygen atoms in total. The van der Waals surface area contributed by atoms with Crippen molar-refractivity contribution in [2.75, 3.05) is 13.2 Å². The lowest BCUT2D eigenvalue weighted by Gasteiger charge is -2.16. The van der Waals surface area contributed by atoms with Gasteiger partial charge in [0.05, 0.1) is 13.2 Å². The number of aryl methyl sites for hydroxylation is 1. The number of rotatable bonds is 3. The fraction of sp³-hybridized carbons (Fsp3) is 0.636. The maximum Gasteiger partial charge on any atom is 0.300 e. The Kier molecular flexibility index (Phi) is 3.09. The molecule has 1 aromatic rings. The van der Waals surface area contributed by atoms with E-state index < -0.39 is 18.3 Å². The third-order valence-corrected chi connectivity index (χ3v) is 3.59. The lowest BCUT2D eigenvalue weighted by Crippen LogP contribution is -2.30. The maximum absolute atomic E-state index is 11.6. The van der Waals surface area contributed by atoms with Gasteiger partial charge >= 0.3 is 6.01 Å². The summed E-state index contributed by atoms with van der Waals surface area (Å²) < 4.78 is 13.0. The van der Waals surface area contributed by atoms with E-state index in [0.717, 1.165) is 0 Å². The quantitative estimate of drug-likeness (QED) is 0.471. The Hall–Kier alpha value is -2.09. The van der Waals surface area contributed by atoms with Crippen molar-refractivity contribution in [2.45, 2.75) is 31.3 Å². The van der Waals surface area contributed by atoms with Crippen LogP contribution in [0.3, 0.4) is 0 Å². The highest BCUT2D eigenvalue weighted by atomic mass is 16.6. The summed E-state index contributed by atoms with van der Waals surface area (Å²) in [5, 5.41) is 12.9. The molecule has 2 aliphatic rings. The molecule has 4 atom stereocenters. The summed E-state index contributed by atoms with van der Waals surface area (Å²) in [5.74, 6) is 0. The third kappa shape index (κ3) is 1.83. The van der Waals surface area contributed by atoms with E-state index in [4.69, 9.17) is 15.0 Å². The van der Waals surface area contributed by atoms with E-state index in [9.17, 15) is 9.90 Å². The van der Waals surface area contributed by atoms with Crippen LogP contribution in [0.4, 0.5) is 0 Å². The monoisotopic (exact) mass is 279 g/mol. The number of azide groups is 1. The fourth-order valence-corrected chi connectivity index (χ4v) is 2.69. The van der Waals surface area contributed by atoms with E-state index >= 15 is 0 Å². The van der Waals surface area contributed by atoms with Crippen LogP contribution in [0.5, 0.6) is 6.01 Å². The summed E-state index contributed by atoms with van der Waals surface area (Å²) >= 11 is 0. The number of aliphatic hydroxyl groups excluding tert-OH is 1. The van der Waals surface area contributed by atoms with Crippen molar-refractivity contribution in [3.05, 3.63) is 32.6 Å². The van der Waals surface area contributed by atoms with Gasteiger partial charge in [0, 0.05) is 16.7 Å². The van der Waals surface area contributed by atoms with Gasteiger partial charge in [-0.1, -0.05) is 5.11 Å². The molecule has 0 spiro atoms. The van der Waals surface area contributed by atoms with Crippen LogP contribution in [0.2, 0.25) is 0 Å². The minimum atomic E-state index is -0.483. The van der Waals surface area contributed by atoms with Gasteiger partial charge < -0.3 is 14.6 Å². The Bertz CT molecular complexity index is 638. The maximum atomic E-state index is 11.6. The van der Waals surface area contributed by atoms with Crippen molar-refractivity contribution in [2.24, 2.45) is 5.11 Å². The second-order valence-corrected chi connectivity index (χ2v) is 4.80. The molecule has 0 bridgehead atoms. The number of ether oxygens (including phenoxy) is 2. The van der Waals surface area contributed by atoms with Crippen LogP contribution in [0.15, 0.2) is 16.1 Å². The van der Waals surface area contributed by atoms with E-state index in [-0.39, 0.29) is 30.8 Å². The summed E-state index contributed by atoms with van der Waals surface area (Å²) in [4.78, 5) is 18.1. The summed E-state index contributed by atoms with van der Waals surface area (Å²) in [6.45, 7) is 1.57. The Morgan fingerprint density at radius 3 is 3.10 bits per heavy atom. The summed E-state index contributed by atoms with van der Waals surface area (Å²) in [6.07, 6.45) is 0.275. The van der Waals surface area contributed by atoms with Crippen molar-refractivity contribution >= 4 is 0 Å². The number of nitrogens with zero attached hydrogens (tertiary/aromatic N) is 5. The average molecular weight is 279 g/mol. The van der Waals surface area contributed by atoms with Crippen molar-refractivity contribution in [3.8, 4) is 6.01 Å². The molecule has 9 heteroatoms. The van der Waals surface area contributed by atoms with E-state index in [1.165, 1.54) is 0 Å². The van der Waals surface area contributed by atoms with E-state index in [2.05, 4.69) is 15.0 Å². The number of aromatic nitrogens is 2. The summed E-state index contributed by atoms with van der Waals surface area (Å²) in [6, 6.07) is -0.0658. The topological polar surface area (TPSA) is 122 Å². The molecule has 2 aliphatic heterocycles. The molecule has 3 heterocycles. The largest absolute Gasteiger partial charge is 0.456 e. The Balaban J connectivity index is 1.98. The molecular formula is C11H13N5O4. The van der Waals surface area contributed by atoms with E-state index in [1.807, 2.05) is 0 Å². The molecule has 0 saturated carbocycles. The Labute approximate surface area is 113 Å². The molecule has 0 unspecified atom stereocenters. The molecule has 1 fully saturated rings. The molecule has 0 amide bonds. The van der Waals surface area contributed by atoms with Crippen molar-refractivity contribution in [3.63, 3.8) is 0 Å². The fourth-order valence-electron chi connectivity index (χ4n) is 2.69. The zero-order chi connectivity index (χ0) is 14.3. The second-order valence-electron chi connectivity index (χ2n) is 4.80. The van der Waals surface area contributed by atoms with Gasteiger partial charge in [0.25, 0.3) is 5.56 Å². The molecule has 1 aromatic heterocycles. The van der Waals surface area contributed by atoms with Gasteiger partial charge in [-0.15, -0.1) is 0 Å². The van der Waals surface area contributed by atoms with Crippen molar-refractivity contribution in [1.29, 1.82) is 0 Å². The van der Waals surface area contributed by atoms with Crippen LogP contribution in [0.25, 0.3) is 10.4 Å². The molecule has 106 valence electrons. The smallest absolute Gasteiger partial charge is 0.300 e. The minimum Gasteiger partial charge on any atom is -0.456 e. The molecular weight excluding hydrogens is 266 g/mol. The highest BCUT2D eigenvalue weighted by Crippen LogP contribution is 2.40. The van der Waals surface area contributed by atoms with Crippen LogP contribution in [-0.2, 0) is 4.74 Å². The number of hydrogen-bond donors (Lipinski definition) is 1. The van der Waals surface area contributed by atoms with Gasteiger partial charge in [0.2, 0.25) is 0 Å². The van der Waals surface area contributed by atoms with E-state index in [0.29, 0.717) is 5.56 Å². The van der Waals surface area contributed by atoms with E-state index in [1.54, 1.807) is 17.7 Å². The highest BCUT2D eigenvalue weighted by molar-refractivity contribution is 5.18. The lowest BCUT2D eigenvalue weighted by molar-refractivity contribution is -0.00995. The van der Waals surface area contributed by atoms with Gasteiger partial charge in [-0.05, 0) is 12.5 Å². The normalized spacial score (nSPS) is 30.3. The predicted molar refractivity (Wildman–Crippen MR) is 66.4 cm³/mol. The Morgan fingerprint density at radius 2 is 2.40 bits per heavy atom. The summed E-state index contributed by atoms with van der Waals surface area (Å²) in [7, 11) is 0. The molecule has 3 rings (SSSR count). The number of fused-ring (bicyclic) bond motifs is 3. The third-order valence-electron chi connectivity index (χ3n) is 3.59. The SMILES string of the molecule is Cc1cn2c(nc1=O)O[C@H]1[C@@H]2[C@H](CO)O[C@H]1CN=[N+]=[N-]. The van der Waals surface area contributed by atoms with Gasteiger partial charge in [0.1, 0.15) is 18.2 Å². The van der Waals surface area contributed by atoms with Gasteiger partial charge in [-0.3, -0.25) is 9.36 Å². The average Bonchev–Trinajstić information content (AvgIpc) is 2.95. The molecule has 0 aliphatic carbocycles. The van der Waals surface area contributed by atoms with Gasteiger partial charge in [-0.2, -0.15) is 4.98 Å². The van der Waals surface area contributed by atoms with Crippen molar-refractivity contribution in [1.82, 2.24) is 9.55 Å². The van der Waals surface area contributed by atoms with Crippen molar-refractivity contribution < 1.29 is 14.6 Å². The second kappa shape index (κ2) is 4.78. The highest BCUT2D eigenvalue weighted by Gasteiger charge is 2.51. The molecule has 1 saturated heterocycles. The van der Waals surface area contributed by atoms with Crippen LogP contribution in [-0.4, -0.2) is 46.1 Å². The van der Waals surface area contributed by atoms with Gasteiger partial charge in [-0.25, -0.2) is 0 Å². The first-order valence-corrected chi connectivity index (χ1v) is 6.19. The minimum absolute atomic E-state index is 0.103. The van der Waals surface area contributed by atoms with Crippen LogP contribution < -0.4 is 10.3 Å². The van der Waals surface area contributed by atoms with Crippen LogP contribution >= 0.6 is 0 Å². The number of aliphatic hydroxyl groups is 1. The zero-order valence-corrected chi connectivity index (χ0v) is 10.7. The molecule has 20 heavy (non-hydrogen) atoms. The predicted octanol–water partition coefficient (Wildman–Crippen LogP) is -0.0762. The zero-order valence-electron chi connectivity index (χ0n) is 10.7. The summed E-state index contributed by atoms with van der Waals surface area (Å²) in [5.41, 5.74) is 8.54. The lowest BCUT2D eigenvalue weighted by atomic mass is 10.1. The molecule has 0 aromatic carbocycles. The van der Waals surface area contributed by atoms with Crippen LogP contribution in [0, 0.1) is 6.92 Å². The first kappa shape index (κ1) is 12.9. The molecule has 1 N–H and O–H groups in total. The standard InChI is InChI=1S/C11H13N5O4/c1-5-3-16-8-7(4-17)19-6(2-13-15-12)9(8)20-11(16)14-10(5)18/h3,6-9,17H,2,4H2,1H3/t6-,7-,8-,9+/m0/s1. The number of hydrogen-bond acceptors (Lipinski definition) is 6. The van der Waals surface area contributed by atoms with Crippen LogP contribution in [0.1, 0.15) is 11.6 Å². The van der Waals surface area contributed by atoms with Gasteiger partial charge in [0.15, 0.2) is 6.10 Å². The first-order chi connectivity index (χ1) is 9.65. The molecule has 0 radical (unpaired) electrons.